The zero-order valence-electron chi connectivity index (χ0n) is 1.99. The van der Waals surface area contributed by atoms with E-state index in [2.05, 4.69) is 0 Å². The van der Waals surface area contributed by atoms with Gasteiger partial charge >= 0.3 is 0 Å². The Bertz CT molecular complexity index is 11.6. The maximum absolute atomic E-state index is 0. The van der Waals surface area contributed by atoms with E-state index in [1.807, 2.05) is 0 Å². The summed E-state index contributed by atoms with van der Waals surface area (Å²) in [5, 5.41) is 0. The molecule has 0 aliphatic heterocycles. The minimum Gasteiger partial charge on any atom is -0.0149 e. The van der Waals surface area contributed by atoms with Crippen LogP contribution in [0.25, 0.3) is 0 Å². The second-order valence-electron chi connectivity index (χ2n) is 0. The van der Waals surface area contributed by atoms with E-state index in [4.69, 9.17) is 0 Å². The smallest absolute Gasteiger partial charge is 0 e. The van der Waals surface area contributed by atoms with Crippen molar-refractivity contribution in [2.45, 2.75) is 0 Å². The Morgan fingerprint density at radius 1 is 1.00 bits per heavy atom. The van der Waals surface area contributed by atoms with Crippen LogP contribution in [0.1, 0.15) is 0 Å². The van der Waals surface area contributed by atoms with Gasteiger partial charge in [0, 0.05) is 77.4 Å². The molecule has 0 rings (SSSR count). The molecule has 0 fully saturated rings. The summed E-state index contributed by atoms with van der Waals surface area (Å²) in [6, 6.07) is 0. The minimum absolute atomic E-state index is 0. The molecular formula is H4BMoSiTiZr. The fraction of sp³-hybridized carbons (Fsp3) is 0. The summed E-state index contributed by atoms with van der Waals surface area (Å²) in [7, 11) is 0. The maximum atomic E-state index is 0. The van der Waals surface area contributed by atoms with Crippen molar-refractivity contribution in [3.63, 3.8) is 0 Å². The van der Waals surface area contributed by atoms with E-state index < -0.39 is 0 Å². The van der Waals surface area contributed by atoms with Gasteiger partial charge in [0.15, 0.2) is 0 Å². The summed E-state index contributed by atoms with van der Waals surface area (Å²) in [4.78, 5) is 0. The summed E-state index contributed by atoms with van der Waals surface area (Å²) < 4.78 is 0. The molecule has 0 atom stereocenters. The van der Waals surface area contributed by atoms with Crippen molar-refractivity contribution in [1.29, 1.82) is 0 Å². The van der Waals surface area contributed by atoms with Gasteiger partial charge in [0.05, 0.1) is 0 Å². The van der Waals surface area contributed by atoms with Gasteiger partial charge in [0.25, 0.3) is 0 Å². The molecule has 0 aromatic rings. The van der Waals surface area contributed by atoms with Gasteiger partial charge in [-0.05, 0) is 11.0 Å². The first-order valence-corrected chi connectivity index (χ1v) is 0. The van der Waals surface area contributed by atoms with Crippen LogP contribution >= 0.6 is 0 Å². The molecule has 5 heteroatoms. The molecule has 0 bridgehead atoms. The SMILES string of the molecule is [B].[Mo].[SiH4].[Ti].[Zr]. The first-order chi connectivity index (χ1) is 0. The summed E-state index contributed by atoms with van der Waals surface area (Å²) in [6.45, 7) is 0. The van der Waals surface area contributed by atoms with E-state index in [0.29, 0.717) is 0 Å². The van der Waals surface area contributed by atoms with Crippen molar-refractivity contribution in [3.8, 4) is 0 Å². The maximum Gasteiger partial charge on any atom is 0 e. The van der Waals surface area contributed by atoms with Crippen molar-refractivity contribution in [2.75, 3.05) is 0 Å². The van der Waals surface area contributed by atoms with E-state index in [9.17, 15) is 0 Å². The van der Waals surface area contributed by atoms with Gasteiger partial charge in [-0.2, -0.15) is 0 Å². The van der Waals surface area contributed by atoms with E-state index >= 15 is 0 Å². The van der Waals surface area contributed by atoms with Gasteiger partial charge in [-0.25, -0.2) is 0 Å². The normalized spacial score (nSPS) is 0. The Balaban J connectivity index is 0. The van der Waals surface area contributed by atoms with Gasteiger partial charge in [-0.15, -0.1) is 0 Å². The predicted octanol–water partition coefficient (Wildman–Crippen LogP) is -1.84. The monoisotopic (exact) mass is 279 g/mol. The van der Waals surface area contributed by atoms with E-state index in [0.717, 1.165) is 0 Å². The topological polar surface area (TPSA) is 0 Å². The third-order valence-corrected chi connectivity index (χ3v) is 0. The zero-order valence-corrected chi connectivity index (χ0v) is 8.01. The third-order valence-electron chi connectivity index (χ3n) is 0. The summed E-state index contributed by atoms with van der Waals surface area (Å²) >= 11 is 0. The van der Waals surface area contributed by atoms with Crippen LogP contribution in [0.2, 0.25) is 0 Å². The van der Waals surface area contributed by atoms with Crippen molar-refractivity contribution in [2.24, 2.45) is 0 Å². The van der Waals surface area contributed by atoms with Gasteiger partial charge in [0.1, 0.15) is 0 Å². The van der Waals surface area contributed by atoms with Crippen molar-refractivity contribution in [1.82, 2.24) is 0 Å². The van der Waals surface area contributed by atoms with Crippen LogP contribution in [0.3, 0.4) is 0 Å². The van der Waals surface area contributed by atoms with Crippen LogP contribution in [-0.4, -0.2) is 19.4 Å². The molecule has 5 heavy (non-hydrogen) atoms. The van der Waals surface area contributed by atoms with Crippen LogP contribution < -0.4 is 0 Å². The van der Waals surface area contributed by atoms with Gasteiger partial charge in [0.2, 0.25) is 0 Å². The van der Waals surface area contributed by atoms with Crippen molar-refractivity contribution in [3.05, 3.63) is 0 Å². The average molecular weight is 278 g/mol. The largest absolute Gasteiger partial charge is 0.0149 e. The molecule has 0 spiro atoms. The Morgan fingerprint density at radius 2 is 1.00 bits per heavy atom. The number of hydrogen-bond donors (Lipinski definition) is 0. The first-order valence-electron chi connectivity index (χ1n) is 0. The molecule has 0 aromatic heterocycles. The predicted molar refractivity (Wildman–Crippen MR) is 17.1 cm³/mol. The average Bonchev–Trinajstić information content (AvgIpc) is 0. The molecule has 3 radical (unpaired) electrons. The first kappa shape index (κ1) is 49.5. The Labute approximate surface area is 87.1 Å². The van der Waals surface area contributed by atoms with Crippen molar-refractivity contribution < 1.29 is 69.0 Å². The third kappa shape index (κ3) is 20.8. The van der Waals surface area contributed by atoms with E-state index in [1.54, 1.807) is 0 Å². The second-order valence-corrected chi connectivity index (χ2v) is 0. The fourth-order valence-corrected chi connectivity index (χ4v) is 0. The molecule has 0 aliphatic carbocycles. The molecule has 0 saturated carbocycles. The molecule has 0 N–H and O–H groups in total. The molecule has 0 unspecified atom stereocenters. The second kappa shape index (κ2) is 30.9. The Morgan fingerprint density at radius 3 is 1.00 bits per heavy atom. The molecule has 0 heterocycles. The Hall–Kier alpha value is 2.57. The molecule has 0 aliphatic rings. The number of hydrogen-bond acceptors (Lipinski definition) is 0. The van der Waals surface area contributed by atoms with Crippen LogP contribution in [0.5, 0.6) is 0 Å². The fourth-order valence-electron chi connectivity index (χ4n) is 0. The Kier molecular flexibility index (Phi) is 306. The summed E-state index contributed by atoms with van der Waals surface area (Å²) in [5.41, 5.74) is 0. The molecule has 0 aromatic carbocycles. The summed E-state index contributed by atoms with van der Waals surface area (Å²) in [6.07, 6.45) is 0. The van der Waals surface area contributed by atoms with E-state index in [-0.39, 0.29) is 88.4 Å². The molecule has 0 nitrogen and oxygen atoms in total. The molecule has 0 amide bonds. The van der Waals surface area contributed by atoms with Crippen LogP contribution in [-0.2, 0) is 69.0 Å². The number of rotatable bonds is 0. The quantitative estimate of drug-likeness (QED) is 0.457. The minimum atomic E-state index is 0. The van der Waals surface area contributed by atoms with Crippen LogP contribution in [0.15, 0.2) is 0 Å². The van der Waals surface area contributed by atoms with Crippen LogP contribution in [0.4, 0.5) is 0 Å². The van der Waals surface area contributed by atoms with Crippen LogP contribution in [0, 0.1) is 0 Å². The summed E-state index contributed by atoms with van der Waals surface area (Å²) in [5.74, 6) is 0. The molecule has 0 saturated heterocycles. The standard InChI is InChI=1S/B.Mo.H4Si.Ti.Zr/h;;1H4;;. The van der Waals surface area contributed by atoms with Gasteiger partial charge < -0.3 is 0 Å². The van der Waals surface area contributed by atoms with E-state index in [1.165, 1.54) is 0 Å². The molecule has 25 valence electrons. The van der Waals surface area contributed by atoms with Gasteiger partial charge in [-0.3, -0.25) is 0 Å². The zero-order chi connectivity index (χ0) is 0. The van der Waals surface area contributed by atoms with Gasteiger partial charge in [-0.1, -0.05) is 0 Å². The molecular weight excluding hydrogens is 274 g/mol. The van der Waals surface area contributed by atoms with Crippen molar-refractivity contribution >= 4 is 19.4 Å².